The molecule has 1 aliphatic rings. The maximum atomic E-state index is 11.7. The number of rotatable bonds is 4. The lowest BCUT2D eigenvalue weighted by Crippen LogP contribution is -2.15. The Hall–Kier alpha value is -0.940. The number of hydrogen-bond acceptors (Lipinski definition) is 4. The largest absolute Gasteiger partial charge is 0.378 e. The van der Waals surface area contributed by atoms with Crippen LogP contribution in [0.5, 0.6) is 0 Å². The van der Waals surface area contributed by atoms with Crippen LogP contribution in [0.2, 0.25) is 0 Å². The van der Waals surface area contributed by atoms with E-state index in [4.69, 9.17) is 4.74 Å². The van der Waals surface area contributed by atoms with Gasteiger partial charge in [-0.25, -0.2) is 4.98 Å². The van der Waals surface area contributed by atoms with Crippen LogP contribution >= 0.6 is 11.3 Å². The second-order valence-corrected chi connectivity index (χ2v) is 5.59. The van der Waals surface area contributed by atoms with Crippen molar-refractivity contribution < 1.29 is 9.53 Å². The predicted molar refractivity (Wildman–Crippen MR) is 68.4 cm³/mol. The molecule has 4 nitrogen and oxygen atoms in total. The number of hydrogen-bond donors (Lipinski definition) is 1. The highest BCUT2D eigenvalue weighted by molar-refractivity contribution is 7.15. The number of carbonyl (C=O) groups excluding carboxylic acids is 1. The summed E-state index contributed by atoms with van der Waals surface area (Å²) in [5.41, 5.74) is 0.990. The van der Waals surface area contributed by atoms with Gasteiger partial charge in [-0.15, -0.1) is 11.3 Å². The minimum Gasteiger partial charge on any atom is -0.378 e. The number of aryl methyl sites for hydroxylation is 2. The van der Waals surface area contributed by atoms with E-state index >= 15 is 0 Å². The van der Waals surface area contributed by atoms with Crippen molar-refractivity contribution in [1.29, 1.82) is 0 Å². The number of carbonyl (C=O) groups is 1. The Labute approximate surface area is 105 Å². The summed E-state index contributed by atoms with van der Waals surface area (Å²) < 4.78 is 5.48. The molecule has 0 aromatic carbocycles. The van der Waals surface area contributed by atoms with Crippen LogP contribution < -0.4 is 5.32 Å². The van der Waals surface area contributed by atoms with Crippen molar-refractivity contribution in [2.24, 2.45) is 0 Å². The van der Waals surface area contributed by atoms with Gasteiger partial charge >= 0.3 is 0 Å². The Morgan fingerprint density at radius 2 is 2.41 bits per heavy atom. The molecule has 1 amide bonds. The van der Waals surface area contributed by atoms with E-state index in [1.807, 2.05) is 13.8 Å². The number of amides is 1. The third kappa shape index (κ3) is 3.51. The molecular weight excluding hydrogens is 236 g/mol. The molecule has 2 rings (SSSR count). The first-order valence-corrected chi connectivity index (χ1v) is 6.82. The van der Waals surface area contributed by atoms with Gasteiger partial charge < -0.3 is 10.1 Å². The molecule has 1 atom stereocenters. The smallest absolute Gasteiger partial charge is 0.226 e. The molecule has 0 aliphatic carbocycles. The maximum Gasteiger partial charge on any atom is 0.226 e. The van der Waals surface area contributed by atoms with E-state index in [1.54, 1.807) is 0 Å². The van der Waals surface area contributed by atoms with E-state index in [0.29, 0.717) is 11.6 Å². The Bertz CT molecular complexity index is 378. The molecule has 0 spiro atoms. The molecule has 17 heavy (non-hydrogen) atoms. The topological polar surface area (TPSA) is 51.2 Å². The molecular formula is C12H18N2O2S. The SMILES string of the molecule is Cc1nc(NC(=O)CCC2CCCO2)sc1C. The van der Waals surface area contributed by atoms with Crippen LogP contribution in [0.15, 0.2) is 0 Å². The van der Waals surface area contributed by atoms with Gasteiger partial charge in [0.1, 0.15) is 0 Å². The highest BCUT2D eigenvalue weighted by atomic mass is 32.1. The lowest BCUT2D eigenvalue weighted by molar-refractivity contribution is -0.116. The number of thiazole rings is 1. The van der Waals surface area contributed by atoms with Crippen molar-refractivity contribution >= 4 is 22.4 Å². The molecule has 94 valence electrons. The minimum absolute atomic E-state index is 0.0363. The normalized spacial score (nSPS) is 19.5. The average Bonchev–Trinajstić information content (AvgIpc) is 2.87. The van der Waals surface area contributed by atoms with E-state index in [2.05, 4.69) is 10.3 Å². The second kappa shape index (κ2) is 5.60. The van der Waals surface area contributed by atoms with Crippen LogP contribution in [-0.2, 0) is 9.53 Å². The predicted octanol–water partition coefficient (Wildman–Crippen LogP) is 2.66. The summed E-state index contributed by atoms with van der Waals surface area (Å²) in [4.78, 5) is 17.1. The standard InChI is InChI=1S/C12H18N2O2S/c1-8-9(2)17-12(13-8)14-11(15)6-5-10-4-3-7-16-10/h10H,3-7H2,1-2H3,(H,13,14,15). The highest BCUT2D eigenvalue weighted by Gasteiger charge is 2.17. The van der Waals surface area contributed by atoms with Crippen molar-refractivity contribution in [2.45, 2.75) is 45.6 Å². The number of nitrogens with one attached hydrogen (secondary N) is 1. The van der Waals surface area contributed by atoms with Crippen molar-refractivity contribution in [3.05, 3.63) is 10.6 Å². The molecule has 2 heterocycles. The summed E-state index contributed by atoms with van der Waals surface area (Å²) in [6, 6.07) is 0. The average molecular weight is 254 g/mol. The zero-order valence-electron chi connectivity index (χ0n) is 10.3. The van der Waals surface area contributed by atoms with Crippen molar-refractivity contribution in [3.63, 3.8) is 0 Å². The second-order valence-electron chi connectivity index (χ2n) is 4.38. The van der Waals surface area contributed by atoms with E-state index in [1.165, 1.54) is 11.3 Å². The number of nitrogens with zero attached hydrogens (tertiary/aromatic N) is 1. The van der Waals surface area contributed by atoms with Gasteiger partial charge in [0.05, 0.1) is 11.8 Å². The molecule has 1 aromatic heterocycles. The van der Waals surface area contributed by atoms with E-state index in [-0.39, 0.29) is 12.0 Å². The fourth-order valence-corrected chi connectivity index (χ4v) is 2.70. The number of anilines is 1. The zero-order chi connectivity index (χ0) is 12.3. The molecule has 1 saturated heterocycles. The molecule has 0 saturated carbocycles. The first-order valence-electron chi connectivity index (χ1n) is 6.00. The molecule has 0 bridgehead atoms. The first-order chi connectivity index (χ1) is 8.15. The fourth-order valence-electron chi connectivity index (χ4n) is 1.87. The molecule has 1 N–H and O–H groups in total. The summed E-state index contributed by atoms with van der Waals surface area (Å²) in [5.74, 6) is 0.0363. The van der Waals surface area contributed by atoms with Gasteiger partial charge in [0, 0.05) is 17.9 Å². The molecule has 1 unspecified atom stereocenters. The van der Waals surface area contributed by atoms with Crippen LogP contribution in [0, 0.1) is 13.8 Å². The lowest BCUT2D eigenvalue weighted by atomic mass is 10.1. The summed E-state index contributed by atoms with van der Waals surface area (Å²) >= 11 is 1.53. The first kappa shape index (κ1) is 12.5. The van der Waals surface area contributed by atoms with E-state index in [0.717, 1.165) is 36.4 Å². The van der Waals surface area contributed by atoms with Gasteiger partial charge in [-0.3, -0.25) is 4.79 Å². The van der Waals surface area contributed by atoms with Gasteiger partial charge in [0.2, 0.25) is 5.91 Å². The van der Waals surface area contributed by atoms with Crippen molar-refractivity contribution in [1.82, 2.24) is 4.98 Å². The third-order valence-corrected chi connectivity index (χ3v) is 3.98. The summed E-state index contributed by atoms with van der Waals surface area (Å²) in [7, 11) is 0. The van der Waals surface area contributed by atoms with Gasteiger partial charge in [-0.1, -0.05) is 0 Å². The van der Waals surface area contributed by atoms with Crippen LogP contribution in [0.25, 0.3) is 0 Å². The molecule has 1 aromatic rings. The van der Waals surface area contributed by atoms with Crippen LogP contribution in [0.3, 0.4) is 0 Å². The Kier molecular flexibility index (Phi) is 4.12. The van der Waals surface area contributed by atoms with Crippen molar-refractivity contribution in [3.8, 4) is 0 Å². The number of aromatic nitrogens is 1. The Morgan fingerprint density at radius 1 is 1.59 bits per heavy atom. The van der Waals surface area contributed by atoms with Crippen LogP contribution in [0.4, 0.5) is 5.13 Å². The van der Waals surface area contributed by atoms with Crippen LogP contribution in [-0.4, -0.2) is 23.6 Å². The lowest BCUT2D eigenvalue weighted by Gasteiger charge is -2.07. The molecule has 5 heteroatoms. The Morgan fingerprint density at radius 3 is 3.00 bits per heavy atom. The summed E-state index contributed by atoms with van der Waals surface area (Å²) in [6.07, 6.45) is 3.82. The third-order valence-electron chi connectivity index (χ3n) is 2.99. The number of ether oxygens (including phenoxy) is 1. The molecule has 1 aliphatic heterocycles. The van der Waals surface area contributed by atoms with Gasteiger partial charge in [0.25, 0.3) is 0 Å². The zero-order valence-corrected chi connectivity index (χ0v) is 11.1. The summed E-state index contributed by atoms with van der Waals surface area (Å²) in [5, 5.41) is 3.55. The van der Waals surface area contributed by atoms with Crippen molar-refractivity contribution in [2.75, 3.05) is 11.9 Å². The monoisotopic (exact) mass is 254 g/mol. The summed E-state index contributed by atoms with van der Waals surface area (Å²) in [6.45, 7) is 4.81. The van der Waals surface area contributed by atoms with Gasteiger partial charge in [-0.05, 0) is 33.1 Å². The minimum atomic E-state index is 0.0363. The molecule has 0 radical (unpaired) electrons. The maximum absolute atomic E-state index is 11.7. The van der Waals surface area contributed by atoms with Gasteiger partial charge in [-0.2, -0.15) is 0 Å². The van der Waals surface area contributed by atoms with E-state index < -0.39 is 0 Å². The fraction of sp³-hybridized carbons (Fsp3) is 0.667. The highest BCUT2D eigenvalue weighted by Crippen LogP contribution is 2.22. The molecule has 1 fully saturated rings. The van der Waals surface area contributed by atoms with E-state index in [9.17, 15) is 4.79 Å². The van der Waals surface area contributed by atoms with Gasteiger partial charge in [0.15, 0.2) is 5.13 Å². The Balaban J connectivity index is 1.76. The van der Waals surface area contributed by atoms with Crippen LogP contribution in [0.1, 0.15) is 36.3 Å². The quantitative estimate of drug-likeness (QED) is 0.898.